The van der Waals surface area contributed by atoms with Crippen LogP contribution in [0.5, 0.6) is 5.75 Å². The summed E-state index contributed by atoms with van der Waals surface area (Å²) in [6, 6.07) is 7.37. The molecule has 1 aromatic carbocycles. The van der Waals surface area contributed by atoms with Crippen molar-refractivity contribution >= 4 is 0 Å². The third-order valence-electron chi connectivity index (χ3n) is 2.57. The quantitative estimate of drug-likeness (QED) is 0.847. The molecule has 0 bridgehead atoms. The number of rotatable bonds is 6. The van der Waals surface area contributed by atoms with Crippen molar-refractivity contribution in [3.63, 3.8) is 0 Å². The SMILES string of the molecule is COCC(O)Cc1nc(-c2cccc(OC)c2)no1. The summed E-state index contributed by atoms with van der Waals surface area (Å²) in [6.07, 6.45) is -0.381. The van der Waals surface area contributed by atoms with Crippen molar-refractivity contribution in [1.82, 2.24) is 10.1 Å². The molecule has 1 unspecified atom stereocenters. The molecule has 0 fully saturated rings. The Balaban J connectivity index is 2.11. The zero-order valence-electron chi connectivity index (χ0n) is 10.9. The minimum atomic E-state index is -0.649. The van der Waals surface area contributed by atoms with Gasteiger partial charge in [-0.25, -0.2) is 0 Å². The molecular weight excluding hydrogens is 248 g/mol. The zero-order chi connectivity index (χ0) is 13.7. The highest BCUT2D eigenvalue weighted by Gasteiger charge is 2.13. The van der Waals surface area contributed by atoms with E-state index in [-0.39, 0.29) is 13.0 Å². The predicted molar refractivity (Wildman–Crippen MR) is 67.9 cm³/mol. The zero-order valence-corrected chi connectivity index (χ0v) is 10.9. The molecule has 1 heterocycles. The number of aliphatic hydroxyl groups is 1. The van der Waals surface area contributed by atoms with Gasteiger partial charge in [-0.1, -0.05) is 17.3 Å². The van der Waals surface area contributed by atoms with Crippen LogP contribution in [0.4, 0.5) is 0 Å². The fraction of sp³-hybridized carbons (Fsp3) is 0.385. The summed E-state index contributed by atoms with van der Waals surface area (Å²) in [5, 5.41) is 13.5. The largest absolute Gasteiger partial charge is 0.497 e. The van der Waals surface area contributed by atoms with Crippen LogP contribution >= 0.6 is 0 Å². The van der Waals surface area contributed by atoms with Crippen molar-refractivity contribution in [3.05, 3.63) is 30.2 Å². The van der Waals surface area contributed by atoms with Gasteiger partial charge in [-0.2, -0.15) is 4.98 Å². The van der Waals surface area contributed by atoms with Gasteiger partial charge in [0.1, 0.15) is 5.75 Å². The second-order valence-corrected chi connectivity index (χ2v) is 4.06. The standard InChI is InChI=1S/C13H16N2O4/c1-17-8-10(16)7-12-14-13(15-19-12)9-4-3-5-11(6-9)18-2/h3-6,10,16H,7-8H2,1-2H3. The topological polar surface area (TPSA) is 77.6 Å². The molecule has 0 radical (unpaired) electrons. The molecule has 0 aliphatic rings. The van der Waals surface area contributed by atoms with E-state index in [0.29, 0.717) is 11.7 Å². The van der Waals surface area contributed by atoms with Gasteiger partial charge in [-0.3, -0.25) is 0 Å². The van der Waals surface area contributed by atoms with Crippen LogP contribution in [0.25, 0.3) is 11.4 Å². The molecule has 0 saturated carbocycles. The van der Waals surface area contributed by atoms with E-state index < -0.39 is 6.10 Å². The molecule has 2 rings (SSSR count). The number of aromatic nitrogens is 2. The molecule has 19 heavy (non-hydrogen) atoms. The van der Waals surface area contributed by atoms with Crippen molar-refractivity contribution in [2.75, 3.05) is 20.8 Å². The first-order valence-corrected chi connectivity index (χ1v) is 5.87. The van der Waals surface area contributed by atoms with Gasteiger partial charge in [0.15, 0.2) is 0 Å². The first-order chi connectivity index (χ1) is 9.22. The van der Waals surface area contributed by atoms with E-state index in [1.807, 2.05) is 24.3 Å². The lowest BCUT2D eigenvalue weighted by atomic mass is 10.2. The fourth-order valence-corrected chi connectivity index (χ4v) is 1.67. The molecule has 6 nitrogen and oxygen atoms in total. The van der Waals surface area contributed by atoms with E-state index >= 15 is 0 Å². The van der Waals surface area contributed by atoms with Crippen LogP contribution < -0.4 is 4.74 Å². The number of benzene rings is 1. The molecule has 0 aliphatic heterocycles. The van der Waals surface area contributed by atoms with Gasteiger partial charge in [0.25, 0.3) is 0 Å². The van der Waals surface area contributed by atoms with E-state index in [4.69, 9.17) is 14.0 Å². The number of hydrogen-bond donors (Lipinski definition) is 1. The van der Waals surface area contributed by atoms with E-state index in [1.165, 1.54) is 7.11 Å². The van der Waals surface area contributed by atoms with E-state index in [2.05, 4.69) is 10.1 Å². The Kier molecular flexibility index (Phi) is 4.48. The van der Waals surface area contributed by atoms with E-state index in [0.717, 1.165) is 11.3 Å². The van der Waals surface area contributed by atoms with Crippen molar-refractivity contribution in [2.45, 2.75) is 12.5 Å². The van der Waals surface area contributed by atoms with Gasteiger partial charge in [0.05, 0.1) is 26.2 Å². The van der Waals surface area contributed by atoms with Gasteiger partial charge in [-0.05, 0) is 12.1 Å². The smallest absolute Gasteiger partial charge is 0.229 e. The summed E-state index contributed by atoms with van der Waals surface area (Å²) in [6.45, 7) is 0.233. The van der Waals surface area contributed by atoms with Crippen LogP contribution in [-0.2, 0) is 11.2 Å². The molecular formula is C13H16N2O4. The van der Waals surface area contributed by atoms with E-state index in [1.54, 1.807) is 7.11 Å². The van der Waals surface area contributed by atoms with Gasteiger partial charge in [0.2, 0.25) is 11.7 Å². The fourth-order valence-electron chi connectivity index (χ4n) is 1.67. The van der Waals surface area contributed by atoms with Gasteiger partial charge >= 0.3 is 0 Å². The summed E-state index contributed by atoms with van der Waals surface area (Å²) < 4.78 is 15.1. The molecule has 0 aliphatic carbocycles. The number of methoxy groups -OCH3 is 2. The van der Waals surface area contributed by atoms with Crippen LogP contribution in [-0.4, -0.2) is 42.2 Å². The lowest BCUT2D eigenvalue weighted by Crippen LogP contribution is -2.17. The Bertz CT molecular complexity index is 527. The molecule has 0 amide bonds. The highest BCUT2D eigenvalue weighted by atomic mass is 16.5. The highest BCUT2D eigenvalue weighted by Crippen LogP contribution is 2.21. The molecule has 0 saturated heterocycles. The lowest BCUT2D eigenvalue weighted by molar-refractivity contribution is 0.0599. The number of hydrogen-bond acceptors (Lipinski definition) is 6. The first kappa shape index (κ1) is 13.5. The normalized spacial score (nSPS) is 12.4. The predicted octanol–water partition coefficient (Wildman–Crippen LogP) is 1.30. The molecule has 6 heteroatoms. The van der Waals surface area contributed by atoms with Crippen LogP contribution in [0.3, 0.4) is 0 Å². The lowest BCUT2D eigenvalue weighted by Gasteiger charge is -2.04. The van der Waals surface area contributed by atoms with Crippen molar-refractivity contribution in [3.8, 4) is 17.1 Å². The Hall–Kier alpha value is -1.92. The molecule has 1 N–H and O–H groups in total. The minimum Gasteiger partial charge on any atom is -0.497 e. The number of ether oxygens (including phenoxy) is 2. The van der Waals surface area contributed by atoms with Gasteiger partial charge in [0, 0.05) is 12.7 Å². The Morgan fingerprint density at radius 1 is 1.37 bits per heavy atom. The summed E-state index contributed by atoms with van der Waals surface area (Å²) in [7, 11) is 3.13. The van der Waals surface area contributed by atoms with Crippen LogP contribution in [0.1, 0.15) is 5.89 Å². The van der Waals surface area contributed by atoms with Crippen molar-refractivity contribution < 1.29 is 19.1 Å². The van der Waals surface area contributed by atoms with E-state index in [9.17, 15) is 5.11 Å². The molecule has 102 valence electrons. The average molecular weight is 264 g/mol. The maximum atomic E-state index is 9.59. The van der Waals surface area contributed by atoms with Gasteiger partial charge in [-0.15, -0.1) is 0 Å². The Morgan fingerprint density at radius 3 is 2.95 bits per heavy atom. The maximum Gasteiger partial charge on any atom is 0.229 e. The molecule has 1 atom stereocenters. The van der Waals surface area contributed by atoms with Crippen molar-refractivity contribution in [1.29, 1.82) is 0 Å². The Morgan fingerprint density at radius 2 is 2.21 bits per heavy atom. The summed E-state index contributed by atoms with van der Waals surface area (Å²) in [5.74, 6) is 1.57. The number of aliphatic hydroxyl groups excluding tert-OH is 1. The summed E-state index contributed by atoms with van der Waals surface area (Å²) in [5.41, 5.74) is 0.801. The monoisotopic (exact) mass is 264 g/mol. The summed E-state index contributed by atoms with van der Waals surface area (Å²) >= 11 is 0. The average Bonchev–Trinajstić information content (AvgIpc) is 2.87. The minimum absolute atomic E-state index is 0.233. The van der Waals surface area contributed by atoms with Crippen LogP contribution in [0.15, 0.2) is 28.8 Å². The second kappa shape index (κ2) is 6.31. The van der Waals surface area contributed by atoms with Crippen molar-refractivity contribution in [2.24, 2.45) is 0 Å². The second-order valence-electron chi connectivity index (χ2n) is 4.06. The van der Waals surface area contributed by atoms with Gasteiger partial charge < -0.3 is 19.1 Å². The third kappa shape index (κ3) is 3.52. The molecule has 1 aromatic heterocycles. The maximum absolute atomic E-state index is 9.59. The van der Waals surface area contributed by atoms with Crippen LogP contribution in [0, 0.1) is 0 Å². The molecule has 2 aromatic rings. The molecule has 0 spiro atoms. The summed E-state index contributed by atoms with van der Waals surface area (Å²) in [4.78, 5) is 4.23. The van der Waals surface area contributed by atoms with Crippen LogP contribution in [0.2, 0.25) is 0 Å². The highest BCUT2D eigenvalue weighted by molar-refractivity contribution is 5.56. The Labute approximate surface area is 111 Å². The third-order valence-corrected chi connectivity index (χ3v) is 2.57. The number of nitrogens with zero attached hydrogens (tertiary/aromatic N) is 2. The first-order valence-electron chi connectivity index (χ1n) is 5.87.